The quantitative estimate of drug-likeness (QED) is 0.760. The molecule has 0 fully saturated rings. The number of likely N-dealkylation sites (N-methyl/N-ethyl adjacent to an activating group) is 1. The predicted molar refractivity (Wildman–Crippen MR) is 102 cm³/mol. The highest BCUT2D eigenvalue weighted by Crippen LogP contribution is 2.19. The van der Waals surface area contributed by atoms with Crippen molar-refractivity contribution >= 4 is 5.91 Å². The Hall–Kier alpha value is -2.33. The summed E-state index contributed by atoms with van der Waals surface area (Å²) in [6.07, 6.45) is 0.804. The van der Waals surface area contributed by atoms with Crippen molar-refractivity contribution in [2.45, 2.75) is 26.3 Å². The largest absolute Gasteiger partial charge is 0.496 e. The summed E-state index contributed by atoms with van der Waals surface area (Å²) in [6.45, 7) is 6.16. The van der Waals surface area contributed by atoms with Crippen molar-refractivity contribution in [2.24, 2.45) is 0 Å². The number of para-hydroxylation sites is 1. The van der Waals surface area contributed by atoms with Crippen LogP contribution in [0.1, 0.15) is 31.0 Å². The molecule has 134 valence electrons. The third-order valence-corrected chi connectivity index (χ3v) is 4.39. The van der Waals surface area contributed by atoms with Crippen LogP contribution in [0.25, 0.3) is 0 Å². The van der Waals surface area contributed by atoms with Crippen molar-refractivity contribution in [1.82, 2.24) is 10.2 Å². The van der Waals surface area contributed by atoms with Crippen molar-refractivity contribution in [2.75, 3.05) is 26.7 Å². The Kier molecular flexibility index (Phi) is 7.48. The van der Waals surface area contributed by atoms with Gasteiger partial charge in [-0.1, -0.05) is 48.5 Å². The van der Waals surface area contributed by atoms with Crippen LogP contribution < -0.4 is 10.1 Å². The van der Waals surface area contributed by atoms with E-state index in [1.165, 1.54) is 0 Å². The van der Waals surface area contributed by atoms with E-state index in [0.29, 0.717) is 19.6 Å². The maximum atomic E-state index is 12.9. The van der Waals surface area contributed by atoms with Gasteiger partial charge >= 0.3 is 0 Å². The molecule has 0 radical (unpaired) electrons. The predicted octanol–water partition coefficient (Wildman–Crippen LogP) is 3.44. The molecule has 1 amide bonds. The van der Waals surface area contributed by atoms with E-state index in [-0.39, 0.29) is 11.9 Å². The van der Waals surface area contributed by atoms with Gasteiger partial charge in [-0.3, -0.25) is 4.79 Å². The van der Waals surface area contributed by atoms with Crippen LogP contribution in [-0.2, 0) is 11.2 Å². The number of ether oxygens (including phenoxy) is 1. The second kappa shape index (κ2) is 9.84. The van der Waals surface area contributed by atoms with Gasteiger partial charge in [-0.2, -0.15) is 0 Å². The summed E-state index contributed by atoms with van der Waals surface area (Å²) in [7, 11) is 1.68. The smallest absolute Gasteiger partial charge is 0.244 e. The van der Waals surface area contributed by atoms with Crippen LogP contribution in [0.5, 0.6) is 5.75 Å². The number of nitrogens with zero attached hydrogens (tertiary/aromatic N) is 1. The Morgan fingerprint density at radius 2 is 1.68 bits per heavy atom. The average Bonchev–Trinajstić information content (AvgIpc) is 2.67. The highest BCUT2D eigenvalue weighted by atomic mass is 16.5. The van der Waals surface area contributed by atoms with Crippen LogP contribution in [0, 0.1) is 0 Å². The van der Waals surface area contributed by atoms with Crippen LogP contribution >= 0.6 is 0 Å². The molecule has 0 aliphatic carbocycles. The fourth-order valence-electron chi connectivity index (χ4n) is 2.97. The van der Waals surface area contributed by atoms with Gasteiger partial charge in [0.25, 0.3) is 0 Å². The minimum Gasteiger partial charge on any atom is -0.496 e. The number of amides is 1. The Morgan fingerprint density at radius 3 is 2.32 bits per heavy atom. The molecule has 25 heavy (non-hydrogen) atoms. The fourth-order valence-corrected chi connectivity index (χ4v) is 2.97. The van der Waals surface area contributed by atoms with Crippen molar-refractivity contribution in [3.63, 3.8) is 0 Å². The molecule has 0 saturated carbocycles. The first-order chi connectivity index (χ1) is 12.2. The number of carbonyl (C=O) groups excluding carboxylic acids is 1. The lowest BCUT2D eigenvalue weighted by atomic mass is 10.0. The van der Waals surface area contributed by atoms with Gasteiger partial charge in [0.05, 0.1) is 7.11 Å². The minimum atomic E-state index is -0.323. The molecule has 0 aromatic heterocycles. The lowest BCUT2D eigenvalue weighted by Gasteiger charge is -2.26. The highest BCUT2D eigenvalue weighted by Gasteiger charge is 2.23. The summed E-state index contributed by atoms with van der Waals surface area (Å²) < 4.78 is 5.41. The molecular formula is C21H28N2O2. The molecule has 4 nitrogen and oxygen atoms in total. The van der Waals surface area contributed by atoms with Gasteiger partial charge in [-0.05, 0) is 37.5 Å². The number of hydrogen-bond donors (Lipinski definition) is 1. The summed E-state index contributed by atoms with van der Waals surface area (Å²) >= 11 is 0. The first-order valence-electron chi connectivity index (χ1n) is 8.90. The first-order valence-corrected chi connectivity index (χ1v) is 8.90. The lowest BCUT2D eigenvalue weighted by molar-refractivity contribution is -0.133. The SMILES string of the molecule is CCN(CC)C(=O)C(NCCc1ccccc1OC)c1ccccc1. The summed E-state index contributed by atoms with van der Waals surface area (Å²) in [6, 6.07) is 17.6. The maximum Gasteiger partial charge on any atom is 0.244 e. The van der Waals surface area contributed by atoms with E-state index < -0.39 is 0 Å². The molecule has 1 unspecified atom stereocenters. The van der Waals surface area contributed by atoms with Gasteiger partial charge in [0, 0.05) is 19.6 Å². The molecule has 1 atom stereocenters. The number of nitrogens with one attached hydrogen (secondary N) is 1. The first kappa shape index (κ1) is 19.0. The minimum absolute atomic E-state index is 0.122. The second-order valence-corrected chi connectivity index (χ2v) is 5.87. The third-order valence-electron chi connectivity index (χ3n) is 4.39. The Balaban J connectivity index is 2.10. The third kappa shape index (κ3) is 5.07. The van der Waals surface area contributed by atoms with E-state index in [0.717, 1.165) is 23.3 Å². The molecule has 0 bridgehead atoms. The molecule has 2 aromatic carbocycles. The van der Waals surface area contributed by atoms with E-state index in [9.17, 15) is 4.79 Å². The maximum absolute atomic E-state index is 12.9. The zero-order valence-corrected chi connectivity index (χ0v) is 15.4. The van der Waals surface area contributed by atoms with Gasteiger partial charge in [0.1, 0.15) is 11.8 Å². The van der Waals surface area contributed by atoms with Crippen LogP contribution in [0.4, 0.5) is 0 Å². The Bertz CT molecular complexity index is 654. The van der Waals surface area contributed by atoms with E-state index in [1.54, 1.807) is 7.11 Å². The van der Waals surface area contributed by atoms with E-state index in [2.05, 4.69) is 11.4 Å². The van der Waals surface area contributed by atoms with Crippen LogP contribution in [-0.4, -0.2) is 37.6 Å². The number of rotatable bonds is 9. The van der Waals surface area contributed by atoms with Crippen molar-refractivity contribution < 1.29 is 9.53 Å². The van der Waals surface area contributed by atoms with E-state index in [4.69, 9.17) is 4.74 Å². The number of methoxy groups -OCH3 is 1. The van der Waals surface area contributed by atoms with Crippen LogP contribution in [0.3, 0.4) is 0 Å². The van der Waals surface area contributed by atoms with Crippen molar-refractivity contribution in [1.29, 1.82) is 0 Å². The number of hydrogen-bond acceptors (Lipinski definition) is 3. The normalized spacial score (nSPS) is 11.8. The van der Waals surface area contributed by atoms with Gasteiger partial charge in [-0.25, -0.2) is 0 Å². The average molecular weight is 340 g/mol. The standard InChI is InChI=1S/C21H28N2O2/c1-4-23(5-2)21(24)20(18-12-7-6-8-13-18)22-16-15-17-11-9-10-14-19(17)25-3/h6-14,20,22H,4-5,15-16H2,1-3H3. The fraction of sp³-hybridized carbons (Fsp3) is 0.381. The molecule has 1 N–H and O–H groups in total. The molecular weight excluding hydrogens is 312 g/mol. The molecule has 4 heteroatoms. The van der Waals surface area contributed by atoms with Crippen LogP contribution in [0.2, 0.25) is 0 Å². The van der Waals surface area contributed by atoms with Gasteiger partial charge in [0.15, 0.2) is 0 Å². The molecule has 0 heterocycles. The number of benzene rings is 2. The Labute approximate surface area is 150 Å². The summed E-state index contributed by atoms with van der Waals surface area (Å²) in [4.78, 5) is 14.8. The zero-order chi connectivity index (χ0) is 18.1. The van der Waals surface area contributed by atoms with Crippen molar-refractivity contribution in [3.8, 4) is 5.75 Å². The molecule has 0 aliphatic heterocycles. The highest BCUT2D eigenvalue weighted by molar-refractivity contribution is 5.83. The Morgan fingerprint density at radius 1 is 1.04 bits per heavy atom. The molecule has 0 spiro atoms. The molecule has 0 aliphatic rings. The number of carbonyl (C=O) groups is 1. The van der Waals surface area contributed by atoms with E-state index >= 15 is 0 Å². The topological polar surface area (TPSA) is 41.6 Å². The van der Waals surface area contributed by atoms with E-state index in [1.807, 2.05) is 67.3 Å². The van der Waals surface area contributed by atoms with Crippen molar-refractivity contribution in [3.05, 3.63) is 65.7 Å². The van der Waals surface area contributed by atoms with Crippen LogP contribution in [0.15, 0.2) is 54.6 Å². The van der Waals surface area contributed by atoms with Gasteiger partial charge < -0.3 is 15.0 Å². The lowest BCUT2D eigenvalue weighted by Crippen LogP contribution is -2.41. The monoisotopic (exact) mass is 340 g/mol. The second-order valence-electron chi connectivity index (χ2n) is 5.87. The van der Waals surface area contributed by atoms with Gasteiger partial charge in [-0.15, -0.1) is 0 Å². The summed E-state index contributed by atoms with van der Waals surface area (Å²) in [5.41, 5.74) is 2.14. The zero-order valence-electron chi connectivity index (χ0n) is 15.4. The summed E-state index contributed by atoms with van der Waals surface area (Å²) in [5, 5.41) is 3.44. The molecule has 0 saturated heterocycles. The molecule has 2 aromatic rings. The molecule has 2 rings (SSSR count). The van der Waals surface area contributed by atoms with Gasteiger partial charge in [0.2, 0.25) is 5.91 Å². The summed E-state index contributed by atoms with van der Waals surface area (Å²) in [5.74, 6) is 1.01.